The highest BCUT2D eigenvalue weighted by molar-refractivity contribution is 5.73. The van der Waals surface area contributed by atoms with Crippen LogP contribution in [-0.2, 0) is 17.5 Å². The Kier molecular flexibility index (Phi) is 8.15. The molecule has 1 aromatic carbocycles. The van der Waals surface area contributed by atoms with Gasteiger partial charge >= 0.3 is 18.3 Å². The Morgan fingerprint density at radius 2 is 1.64 bits per heavy atom. The minimum Gasteiger partial charge on any atom is -0.475 e. The average Bonchev–Trinajstić information content (AvgIpc) is 2.46. The summed E-state index contributed by atoms with van der Waals surface area (Å²) in [5, 5.41) is 15.7. The van der Waals surface area contributed by atoms with Crippen LogP contribution in [0.25, 0.3) is 0 Å². The van der Waals surface area contributed by atoms with E-state index in [9.17, 15) is 26.3 Å². The van der Waals surface area contributed by atoms with Crippen LogP contribution in [0.4, 0.5) is 26.3 Å². The van der Waals surface area contributed by atoms with E-state index in [0.29, 0.717) is 18.7 Å². The van der Waals surface area contributed by atoms with Crippen LogP contribution in [0, 0.1) is 11.3 Å². The van der Waals surface area contributed by atoms with Crippen molar-refractivity contribution in [1.29, 1.82) is 5.26 Å². The Bertz CT molecular complexity index is 629. The van der Waals surface area contributed by atoms with Crippen LogP contribution >= 0.6 is 0 Å². The highest BCUT2D eigenvalue weighted by Gasteiger charge is 2.38. The van der Waals surface area contributed by atoms with Crippen molar-refractivity contribution < 1.29 is 36.2 Å². The fourth-order valence-corrected chi connectivity index (χ4v) is 1.53. The second-order valence-corrected chi connectivity index (χ2v) is 4.89. The molecule has 0 spiro atoms. The first kappa shape index (κ1) is 22.5. The van der Waals surface area contributed by atoms with Crippen LogP contribution in [-0.4, -0.2) is 35.7 Å². The number of halogens is 6. The molecule has 0 unspecified atom stereocenters. The summed E-state index contributed by atoms with van der Waals surface area (Å²) in [6.07, 6.45) is -9.39. The second kappa shape index (κ2) is 9.08. The van der Waals surface area contributed by atoms with E-state index in [2.05, 4.69) is 6.58 Å². The van der Waals surface area contributed by atoms with E-state index < -0.39 is 23.9 Å². The number of carbonyl (C=O) groups is 1. The van der Waals surface area contributed by atoms with Gasteiger partial charge in [0.05, 0.1) is 11.6 Å². The van der Waals surface area contributed by atoms with Gasteiger partial charge in [0.25, 0.3) is 0 Å². The number of alkyl halides is 6. The number of aliphatic carboxylic acids is 1. The van der Waals surface area contributed by atoms with Crippen LogP contribution < -0.4 is 0 Å². The molecule has 1 rings (SSSR count). The van der Waals surface area contributed by atoms with Gasteiger partial charge in [-0.3, -0.25) is 4.90 Å². The van der Waals surface area contributed by atoms with Gasteiger partial charge in [0.15, 0.2) is 0 Å². The van der Waals surface area contributed by atoms with Gasteiger partial charge in [0.1, 0.15) is 0 Å². The second-order valence-electron chi connectivity index (χ2n) is 4.89. The minimum atomic E-state index is -5.08. The molecule has 0 saturated carbocycles. The van der Waals surface area contributed by atoms with Crippen LogP contribution in [0.3, 0.4) is 0 Å². The lowest BCUT2D eigenvalue weighted by molar-refractivity contribution is -0.192. The third-order valence-corrected chi connectivity index (χ3v) is 2.60. The third kappa shape index (κ3) is 9.36. The molecule has 1 aromatic rings. The molecule has 0 aliphatic heterocycles. The lowest BCUT2D eigenvalue weighted by Crippen LogP contribution is -2.21. The van der Waals surface area contributed by atoms with E-state index in [4.69, 9.17) is 15.2 Å². The molecule has 0 aliphatic carbocycles. The van der Waals surface area contributed by atoms with E-state index in [-0.39, 0.29) is 0 Å². The number of carboxylic acid groups (broad SMARTS) is 1. The number of hydrogen-bond donors (Lipinski definition) is 1. The number of nitriles is 1. The Hall–Kier alpha value is -2.54. The van der Waals surface area contributed by atoms with Crippen molar-refractivity contribution >= 4 is 5.97 Å². The van der Waals surface area contributed by atoms with E-state index >= 15 is 0 Å². The van der Waals surface area contributed by atoms with Crippen molar-refractivity contribution in [1.82, 2.24) is 4.90 Å². The molecule has 0 aliphatic rings. The Labute approximate surface area is 139 Å². The molecule has 0 heterocycles. The van der Waals surface area contributed by atoms with Crippen LogP contribution in [0.15, 0.2) is 36.4 Å². The number of hydrogen-bond acceptors (Lipinski definition) is 3. The fraction of sp³-hybridized carbons (Fsp3) is 0.333. The standard InChI is InChI=1S/C13H13F3N2.C2HF3O2/c1-10(7-17)8-18(2)9-11-3-5-12(6-4-11)13(14,15)16;3-2(4,5)1(6)7/h3-6H,1,8-9H2,2H3;(H,6,7). The lowest BCUT2D eigenvalue weighted by Gasteiger charge is -2.16. The Morgan fingerprint density at radius 1 is 1.20 bits per heavy atom. The van der Waals surface area contributed by atoms with E-state index in [1.54, 1.807) is 7.05 Å². The largest absolute Gasteiger partial charge is 0.490 e. The number of rotatable bonds is 4. The molecular formula is C15H14F6N2O2. The van der Waals surface area contributed by atoms with E-state index in [1.807, 2.05) is 11.0 Å². The maximum atomic E-state index is 12.3. The molecule has 0 amide bonds. The van der Waals surface area contributed by atoms with Gasteiger partial charge in [0.2, 0.25) is 0 Å². The molecule has 25 heavy (non-hydrogen) atoms. The molecule has 0 radical (unpaired) electrons. The zero-order valence-electron chi connectivity index (χ0n) is 12.9. The molecular weight excluding hydrogens is 354 g/mol. The summed E-state index contributed by atoms with van der Waals surface area (Å²) < 4.78 is 68.8. The van der Waals surface area contributed by atoms with Crippen molar-refractivity contribution in [2.24, 2.45) is 0 Å². The Morgan fingerprint density at radius 3 is 1.96 bits per heavy atom. The summed E-state index contributed by atoms with van der Waals surface area (Å²) in [6.45, 7) is 4.42. The van der Waals surface area contributed by atoms with E-state index in [1.165, 1.54) is 12.1 Å². The Balaban J connectivity index is 0.000000697. The number of nitrogens with zero attached hydrogens (tertiary/aromatic N) is 2. The van der Waals surface area contributed by atoms with Crippen molar-refractivity contribution in [2.75, 3.05) is 13.6 Å². The number of benzene rings is 1. The highest BCUT2D eigenvalue weighted by Crippen LogP contribution is 2.29. The molecule has 4 nitrogen and oxygen atoms in total. The van der Waals surface area contributed by atoms with Gasteiger partial charge in [-0.2, -0.15) is 31.6 Å². The zero-order valence-corrected chi connectivity index (χ0v) is 12.9. The van der Waals surface area contributed by atoms with Gasteiger partial charge < -0.3 is 5.11 Å². The molecule has 1 N–H and O–H groups in total. The predicted molar refractivity (Wildman–Crippen MR) is 76.2 cm³/mol. The number of carboxylic acids is 1. The van der Waals surface area contributed by atoms with Crippen LogP contribution in [0.2, 0.25) is 0 Å². The summed E-state index contributed by atoms with van der Waals surface area (Å²) >= 11 is 0. The van der Waals surface area contributed by atoms with Gasteiger partial charge in [-0.25, -0.2) is 4.79 Å². The fourth-order valence-electron chi connectivity index (χ4n) is 1.53. The van der Waals surface area contributed by atoms with Crippen molar-refractivity contribution in [3.8, 4) is 6.07 Å². The molecule has 0 bridgehead atoms. The smallest absolute Gasteiger partial charge is 0.475 e. The topological polar surface area (TPSA) is 64.3 Å². The van der Waals surface area contributed by atoms with Crippen LogP contribution in [0.1, 0.15) is 11.1 Å². The van der Waals surface area contributed by atoms with Crippen molar-refractivity contribution in [3.05, 3.63) is 47.5 Å². The molecule has 0 aromatic heterocycles. The third-order valence-electron chi connectivity index (χ3n) is 2.60. The molecule has 10 heteroatoms. The molecule has 0 atom stereocenters. The van der Waals surface area contributed by atoms with Crippen LogP contribution in [0.5, 0.6) is 0 Å². The van der Waals surface area contributed by atoms with Gasteiger partial charge in [0, 0.05) is 18.7 Å². The summed E-state index contributed by atoms with van der Waals surface area (Å²) in [7, 11) is 1.78. The minimum absolute atomic E-state index is 0.400. The average molecular weight is 368 g/mol. The monoisotopic (exact) mass is 368 g/mol. The van der Waals surface area contributed by atoms with Gasteiger partial charge in [-0.05, 0) is 24.7 Å². The van der Waals surface area contributed by atoms with Gasteiger partial charge in [-0.15, -0.1) is 0 Å². The zero-order chi connectivity index (χ0) is 19.8. The summed E-state index contributed by atoms with van der Waals surface area (Å²) in [6, 6.07) is 6.92. The first-order valence-corrected chi connectivity index (χ1v) is 6.50. The number of likely N-dealkylation sites (N-methyl/N-ethyl adjacent to an activating group) is 1. The normalized spacial score (nSPS) is 11.3. The first-order valence-electron chi connectivity index (χ1n) is 6.50. The lowest BCUT2D eigenvalue weighted by atomic mass is 10.1. The summed E-state index contributed by atoms with van der Waals surface area (Å²) in [5.41, 5.74) is 0.524. The maximum absolute atomic E-state index is 12.3. The van der Waals surface area contributed by atoms with E-state index in [0.717, 1.165) is 17.7 Å². The SMILES string of the molecule is C=C(C#N)CN(C)Cc1ccc(C(F)(F)F)cc1.O=C(O)C(F)(F)F. The summed E-state index contributed by atoms with van der Waals surface area (Å²) in [4.78, 5) is 10.7. The first-order chi connectivity index (χ1) is 11.3. The highest BCUT2D eigenvalue weighted by atomic mass is 19.4. The summed E-state index contributed by atoms with van der Waals surface area (Å²) in [5.74, 6) is -2.76. The van der Waals surface area contributed by atoms with Crippen molar-refractivity contribution in [3.63, 3.8) is 0 Å². The predicted octanol–water partition coefficient (Wildman–Crippen LogP) is 3.85. The molecule has 138 valence electrons. The quantitative estimate of drug-likeness (QED) is 0.648. The molecule has 0 fully saturated rings. The van der Waals surface area contributed by atoms with Gasteiger partial charge in [-0.1, -0.05) is 18.7 Å². The van der Waals surface area contributed by atoms with Crippen molar-refractivity contribution in [2.45, 2.75) is 18.9 Å². The maximum Gasteiger partial charge on any atom is 0.490 e. The molecule has 0 saturated heterocycles.